The highest BCUT2D eigenvalue weighted by Gasteiger charge is 2.41. The zero-order chi connectivity index (χ0) is 18.1. The van der Waals surface area contributed by atoms with E-state index in [1.165, 1.54) is 31.3 Å². The van der Waals surface area contributed by atoms with Crippen molar-refractivity contribution in [2.24, 2.45) is 0 Å². The fourth-order valence-corrected chi connectivity index (χ4v) is 3.80. The maximum atomic E-state index is 12.7. The number of amides is 1. The second-order valence-electron chi connectivity index (χ2n) is 6.11. The first-order valence-corrected chi connectivity index (χ1v) is 9.51. The van der Waals surface area contributed by atoms with Gasteiger partial charge in [-0.05, 0) is 44.2 Å². The predicted octanol–water partition coefficient (Wildman–Crippen LogP) is 1.49. The first-order chi connectivity index (χ1) is 11.9. The van der Waals surface area contributed by atoms with Crippen LogP contribution in [0.2, 0.25) is 0 Å². The van der Waals surface area contributed by atoms with Crippen molar-refractivity contribution in [2.45, 2.75) is 43.0 Å². The van der Waals surface area contributed by atoms with Crippen molar-refractivity contribution in [3.8, 4) is 0 Å². The molecule has 1 aromatic carbocycles. The fraction of sp³-hybridized carbons (Fsp3) is 0.438. The van der Waals surface area contributed by atoms with Crippen molar-refractivity contribution in [1.82, 2.24) is 20.2 Å². The van der Waals surface area contributed by atoms with Crippen molar-refractivity contribution in [2.75, 3.05) is 7.05 Å². The van der Waals surface area contributed by atoms with Gasteiger partial charge in [0.1, 0.15) is 5.54 Å². The molecule has 25 heavy (non-hydrogen) atoms. The Balaban J connectivity index is 1.83. The van der Waals surface area contributed by atoms with E-state index in [2.05, 4.69) is 20.2 Å². The first-order valence-electron chi connectivity index (χ1n) is 8.03. The molecule has 1 saturated carbocycles. The van der Waals surface area contributed by atoms with Gasteiger partial charge in [0.2, 0.25) is 15.9 Å². The standard InChI is InChI=1S/C16H20N4O4S/c1-11-18-15(20-24-11)16(9-3-4-10-16)19-14(21)12-5-7-13(8-6-12)25(22,23)17-2/h5-8,17H,3-4,9-10H2,1-2H3,(H,19,21). The summed E-state index contributed by atoms with van der Waals surface area (Å²) in [5, 5.41) is 7.01. The molecule has 0 unspecified atom stereocenters. The van der Waals surface area contributed by atoms with Crippen molar-refractivity contribution >= 4 is 15.9 Å². The number of aromatic nitrogens is 2. The Bertz CT molecular complexity index is 868. The molecule has 8 nitrogen and oxygen atoms in total. The van der Waals surface area contributed by atoms with Crippen LogP contribution < -0.4 is 10.0 Å². The van der Waals surface area contributed by atoms with Crippen molar-refractivity contribution < 1.29 is 17.7 Å². The Labute approximate surface area is 146 Å². The minimum absolute atomic E-state index is 0.107. The summed E-state index contributed by atoms with van der Waals surface area (Å²) in [6, 6.07) is 5.79. The molecular formula is C16H20N4O4S. The van der Waals surface area contributed by atoms with Gasteiger partial charge in [0.25, 0.3) is 5.91 Å². The Kier molecular flexibility index (Phi) is 4.61. The first kappa shape index (κ1) is 17.6. The lowest BCUT2D eigenvalue weighted by atomic mass is 9.96. The summed E-state index contributed by atoms with van der Waals surface area (Å²) in [6.45, 7) is 1.71. The lowest BCUT2D eigenvalue weighted by molar-refractivity contribution is 0.0892. The monoisotopic (exact) mass is 364 g/mol. The van der Waals surface area contributed by atoms with E-state index in [4.69, 9.17) is 4.52 Å². The third-order valence-electron chi connectivity index (χ3n) is 4.46. The molecule has 0 atom stereocenters. The van der Waals surface area contributed by atoms with E-state index in [1.54, 1.807) is 6.92 Å². The van der Waals surface area contributed by atoms with Gasteiger partial charge in [-0.25, -0.2) is 13.1 Å². The molecule has 0 radical (unpaired) electrons. The number of nitrogens with one attached hydrogen (secondary N) is 2. The SMILES string of the molecule is CNS(=O)(=O)c1ccc(C(=O)NC2(c3noc(C)n3)CCCC2)cc1. The van der Waals surface area contributed by atoms with Gasteiger partial charge in [-0.15, -0.1) is 0 Å². The van der Waals surface area contributed by atoms with E-state index in [0.717, 1.165) is 25.7 Å². The number of carbonyl (C=O) groups excluding carboxylic acids is 1. The van der Waals surface area contributed by atoms with E-state index in [1.807, 2.05) is 0 Å². The van der Waals surface area contributed by atoms with E-state index in [0.29, 0.717) is 17.3 Å². The van der Waals surface area contributed by atoms with Gasteiger partial charge in [0.05, 0.1) is 4.90 Å². The number of carbonyl (C=O) groups is 1. The van der Waals surface area contributed by atoms with Crippen molar-refractivity contribution in [3.05, 3.63) is 41.5 Å². The minimum atomic E-state index is -3.53. The van der Waals surface area contributed by atoms with E-state index in [9.17, 15) is 13.2 Å². The molecule has 0 bridgehead atoms. The van der Waals surface area contributed by atoms with Gasteiger partial charge in [0, 0.05) is 12.5 Å². The van der Waals surface area contributed by atoms with Crippen LogP contribution in [0.15, 0.2) is 33.7 Å². The molecule has 2 aromatic rings. The number of hydrogen-bond donors (Lipinski definition) is 2. The Morgan fingerprint density at radius 2 is 1.84 bits per heavy atom. The normalized spacial score (nSPS) is 16.7. The zero-order valence-electron chi connectivity index (χ0n) is 14.1. The molecule has 1 fully saturated rings. The number of sulfonamides is 1. The molecule has 1 heterocycles. The predicted molar refractivity (Wildman–Crippen MR) is 89.3 cm³/mol. The number of rotatable bonds is 5. The van der Waals surface area contributed by atoms with Gasteiger partial charge in [0.15, 0.2) is 5.82 Å². The molecule has 134 valence electrons. The fourth-order valence-electron chi connectivity index (χ4n) is 3.07. The van der Waals surface area contributed by atoms with E-state index < -0.39 is 15.6 Å². The van der Waals surface area contributed by atoms with Gasteiger partial charge in [-0.1, -0.05) is 18.0 Å². The van der Waals surface area contributed by atoms with Crippen LogP contribution in [0.25, 0.3) is 0 Å². The molecule has 1 amide bonds. The molecule has 3 rings (SSSR count). The van der Waals surface area contributed by atoms with Crippen LogP contribution in [0.3, 0.4) is 0 Å². The largest absolute Gasteiger partial charge is 0.340 e. The average Bonchev–Trinajstić information content (AvgIpc) is 3.25. The van der Waals surface area contributed by atoms with Crippen molar-refractivity contribution in [1.29, 1.82) is 0 Å². The third kappa shape index (κ3) is 3.42. The topological polar surface area (TPSA) is 114 Å². The summed E-state index contributed by atoms with van der Waals surface area (Å²) in [5.41, 5.74) is -0.258. The second kappa shape index (κ2) is 6.57. The summed E-state index contributed by atoms with van der Waals surface area (Å²) >= 11 is 0. The lowest BCUT2D eigenvalue weighted by Gasteiger charge is -2.26. The highest BCUT2D eigenvalue weighted by atomic mass is 32.2. The van der Waals surface area contributed by atoms with Crippen LogP contribution >= 0.6 is 0 Å². The minimum Gasteiger partial charge on any atom is -0.340 e. The molecule has 2 N–H and O–H groups in total. The number of nitrogens with zero attached hydrogens (tertiary/aromatic N) is 2. The zero-order valence-corrected chi connectivity index (χ0v) is 14.9. The van der Waals surface area contributed by atoms with Gasteiger partial charge >= 0.3 is 0 Å². The maximum absolute atomic E-state index is 12.7. The summed E-state index contributed by atoms with van der Waals surface area (Å²) in [4.78, 5) is 17.1. The number of benzene rings is 1. The molecule has 0 spiro atoms. The van der Waals surface area contributed by atoms with Crippen molar-refractivity contribution in [3.63, 3.8) is 0 Å². The highest BCUT2D eigenvalue weighted by Crippen LogP contribution is 2.37. The molecule has 0 aliphatic heterocycles. The molecule has 1 aliphatic rings. The number of hydrogen-bond acceptors (Lipinski definition) is 6. The second-order valence-corrected chi connectivity index (χ2v) is 8.00. The average molecular weight is 364 g/mol. The summed E-state index contributed by atoms with van der Waals surface area (Å²) in [5.74, 6) is 0.653. The lowest BCUT2D eigenvalue weighted by Crippen LogP contribution is -2.44. The van der Waals surface area contributed by atoms with Crippen LogP contribution in [0, 0.1) is 6.92 Å². The van der Waals surface area contributed by atoms with Gasteiger partial charge in [-0.2, -0.15) is 4.98 Å². The van der Waals surface area contributed by atoms with Crippen LogP contribution in [0.4, 0.5) is 0 Å². The van der Waals surface area contributed by atoms with Gasteiger partial charge in [-0.3, -0.25) is 4.79 Å². The molecule has 1 aliphatic carbocycles. The molecule has 0 saturated heterocycles. The van der Waals surface area contributed by atoms with Crippen LogP contribution in [0.5, 0.6) is 0 Å². The van der Waals surface area contributed by atoms with E-state index >= 15 is 0 Å². The maximum Gasteiger partial charge on any atom is 0.252 e. The third-order valence-corrected chi connectivity index (χ3v) is 5.89. The molecule has 9 heteroatoms. The summed E-state index contributed by atoms with van der Waals surface area (Å²) < 4.78 is 30.8. The highest BCUT2D eigenvalue weighted by molar-refractivity contribution is 7.89. The summed E-state index contributed by atoms with van der Waals surface area (Å²) in [7, 11) is -2.19. The quantitative estimate of drug-likeness (QED) is 0.831. The Morgan fingerprint density at radius 3 is 2.36 bits per heavy atom. The Hall–Kier alpha value is -2.26. The number of aryl methyl sites for hydroxylation is 1. The molecular weight excluding hydrogens is 344 g/mol. The van der Waals surface area contributed by atoms with E-state index in [-0.39, 0.29) is 10.8 Å². The smallest absolute Gasteiger partial charge is 0.252 e. The van der Waals surface area contributed by atoms with Crippen LogP contribution in [0.1, 0.15) is 47.8 Å². The Morgan fingerprint density at radius 1 is 1.20 bits per heavy atom. The molecule has 1 aromatic heterocycles. The summed E-state index contributed by atoms with van der Waals surface area (Å²) in [6.07, 6.45) is 3.41. The van der Waals surface area contributed by atoms with Gasteiger partial charge < -0.3 is 9.84 Å². The van der Waals surface area contributed by atoms with Crippen LogP contribution in [-0.4, -0.2) is 31.5 Å². The van der Waals surface area contributed by atoms with Crippen LogP contribution in [-0.2, 0) is 15.6 Å².